The van der Waals surface area contributed by atoms with E-state index in [1.807, 2.05) is 24.3 Å². The highest BCUT2D eigenvalue weighted by Crippen LogP contribution is 2.31. The van der Waals surface area contributed by atoms with E-state index < -0.39 is 10.8 Å². The fourth-order valence-corrected chi connectivity index (χ4v) is 3.28. The van der Waals surface area contributed by atoms with E-state index >= 15 is 0 Å². The Hall–Kier alpha value is -3.72. The van der Waals surface area contributed by atoms with Crippen LogP contribution in [0.1, 0.15) is 0 Å². The zero-order valence-electron chi connectivity index (χ0n) is 15.4. The van der Waals surface area contributed by atoms with Gasteiger partial charge in [0, 0.05) is 16.2 Å². The number of fused-ring (bicyclic) bond motifs is 1. The van der Waals surface area contributed by atoms with Crippen molar-refractivity contribution in [1.82, 2.24) is 4.98 Å². The van der Waals surface area contributed by atoms with Crippen LogP contribution in [-0.2, 0) is 4.79 Å². The van der Waals surface area contributed by atoms with Gasteiger partial charge in [-0.3, -0.25) is 14.9 Å². The standard InChI is InChI=1S/C21H14BrN3O5/c22-15-6-2-1-5-14(15)21-24-16-11-13(9-10-18(16)30-21)23-20(26)12-29-19-8-4-3-7-17(19)25(27)28/h1-11H,12H2,(H,23,26). The number of nitrogens with one attached hydrogen (secondary N) is 1. The zero-order chi connectivity index (χ0) is 21.1. The third-order valence-electron chi connectivity index (χ3n) is 4.20. The van der Waals surface area contributed by atoms with Gasteiger partial charge in [-0.2, -0.15) is 0 Å². The van der Waals surface area contributed by atoms with Crippen LogP contribution in [0.3, 0.4) is 0 Å². The Bertz CT molecular complexity index is 1250. The SMILES string of the molecule is O=C(COc1ccccc1[N+](=O)[O-])Nc1ccc2oc(-c3ccccc3Br)nc2c1. The molecule has 0 saturated heterocycles. The first-order valence-electron chi connectivity index (χ1n) is 8.83. The third kappa shape index (κ3) is 4.15. The predicted octanol–water partition coefficient (Wildman–Crippen LogP) is 5.18. The number of halogens is 1. The highest BCUT2D eigenvalue weighted by Gasteiger charge is 2.16. The summed E-state index contributed by atoms with van der Waals surface area (Å²) in [5, 5.41) is 13.7. The second kappa shape index (κ2) is 8.34. The summed E-state index contributed by atoms with van der Waals surface area (Å²) in [6.07, 6.45) is 0. The van der Waals surface area contributed by atoms with Gasteiger partial charge in [-0.15, -0.1) is 0 Å². The topological polar surface area (TPSA) is 108 Å². The number of carbonyl (C=O) groups is 1. The molecular formula is C21H14BrN3O5. The minimum atomic E-state index is -0.561. The molecule has 0 fully saturated rings. The van der Waals surface area contributed by atoms with Crippen LogP contribution in [0, 0.1) is 10.1 Å². The molecule has 0 atom stereocenters. The van der Waals surface area contributed by atoms with Crippen LogP contribution in [0.25, 0.3) is 22.6 Å². The van der Waals surface area contributed by atoms with Crippen LogP contribution in [-0.4, -0.2) is 22.4 Å². The Morgan fingerprint density at radius 1 is 1.13 bits per heavy atom. The Labute approximate surface area is 178 Å². The van der Waals surface area contributed by atoms with Gasteiger partial charge in [-0.05, 0) is 52.3 Å². The number of amides is 1. The molecule has 4 rings (SSSR count). The predicted molar refractivity (Wildman–Crippen MR) is 114 cm³/mol. The lowest BCUT2D eigenvalue weighted by atomic mass is 10.2. The van der Waals surface area contributed by atoms with E-state index in [9.17, 15) is 14.9 Å². The van der Waals surface area contributed by atoms with Crippen molar-refractivity contribution in [2.75, 3.05) is 11.9 Å². The normalized spacial score (nSPS) is 10.7. The fraction of sp³-hybridized carbons (Fsp3) is 0.0476. The zero-order valence-corrected chi connectivity index (χ0v) is 17.0. The molecule has 1 amide bonds. The van der Waals surface area contributed by atoms with Crippen molar-refractivity contribution in [3.63, 3.8) is 0 Å². The molecule has 30 heavy (non-hydrogen) atoms. The van der Waals surface area contributed by atoms with Crippen molar-refractivity contribution in [3.8, 4) is 17.2 Å². The summed E-state index contributed by atoms with van der Waals surface area (Å²) >= 11 is 3.47. The molecule has 1 aromatic heterocycles. The van der Waals surface area contributed by atoms with Gasteiger partial charge in [0.1, 0.15) is 5.52 Å². The highest BCUT2D eigenvalue weighted by atomic mass is 79.9. The number of nitro groups is 1. The number of aromatic nitrogens is 1. The van der Waals surface area contributed by atoms with Crippen LogP contribution in [0.5, 0.6) is 5.75 Å². The van der Waals surface area contributed by atoms with Gasteiger partial charge in [0.2, 0.25) is 5.89 Å². The van der Waals surface area contributed by atoms with Crippen molar-refractivity contribution in [1.29, 1.82) is 0 Å². The van der Waals surface area contributed by atoms with Gasteiger partial charge < -0.3 is 14.5 Å². The van der Waals surface area contributed by atoms with Gasteiger partial charge in [0.05, 0.1) is 10.5 Å². The quantitative estimate of drug-likeness (QED) is 0.309. The first kappa shape index (κ1) is 19.6. The number of benzene rings is 3. The molecule has 0 saturated carbocycles. The van der Waals surface area contributed by atoms with E-state index in [0.29, 0.717) is 22.7 Å². The second-order valence-electron chi connectivity index (χ2n) is 6.24. The minimum absolute atomic E-state index is 0.0303. The molecule has 150 valence electrons. The third-order valence-corrected chi connectivity index (χ3v) is 4.89. The van der Waals surface area contributed by atoms with Crippen molar-refractivity contribution in [3.05, 3.63) is 81.3 Å². The number of nitrogens with zero attached hydrogens (tertiary/aromatic N) is 2. The summed E-state index contributed by atoms with van der Waals surface area (Å²) in [5.74, 6) is 0.0328. The molecule has 0 aliphatic carbocycles. The molecule has 8 nitrogen and oxygen atoms in total. The number of oxazole rings is 1. The molecule has 3 aromatic carbocycles. The Kier molecular flexibility index (Phi) is 5.44. The van der Waals surface area contributed by atoms with E-state index in [1.165, 1.54) is 18.2 Å². The summed E-state index contributed by atoms with van der Waals surface area (Å²) in [6.45, 7) is -0.371. The molecule has 4 aromatic rings. The lowest BCUT2D eigenvalue weighted by molar-refractivity contribution is -0.385. The number of ether oxygens (including phenoxy) is 1. The average molecular weight is 468 g/mol. The van der Waals surface area contributed by atoms with Crippen molar-refractivity contribution < 1.29 is 18.9 Å². The lowest BCUT2D eigenvalue weighted by Crippen LogP contribution is -2.20. The van der Waals surface area contributed by atoms with E-state index in [0.717, 1.165) is 10.0 Å². The summed E-state index contributed by atoms with van der Waals surface area (Å²) in [7, 11) is 0. The summed E-state index contributed by atoms with van der Waals surface area (Å²) in [6, 6.07) is 18.5. The molecule has 0 spiro atoms. The van der Waals surface area contributed by atoms with Crippen molar-refractivity contribution in [2.45, 2.75) is 0 Å². The Morgan fingerprint density at radius 2 is 1.90 bits per heavy atom. The summed E-state index contributed by atoms with van der Waals surface area (Å²) in [5.41, 5.74) is 2.28. The average Bonchev–Trinajstić information content (AvgIpc) is 3.16. The van der Waals surface area contributed by atoms with Crippen LogP contribution in [0.2, 0.25) is 0 Å². The molecule has 1 N–H and O–H groups in total. The maximum Gasteiger partial charge on any atom is 0.310 e. The van der Waals surface area contributed by atoms with Gasteiger partial charge in [0.15, 0.2) is 17.9 Å². The highest BCUT2D eigenvalue weighted by molar-refractivity contribution is 9.10. The number of hydrogen-bond acceptors (Lipinski definition) is 6. The second-order valence-corrected chi connectivity index (χ2v) is 7.10. The van der Waals surface area contributed by atoms with Gasteiger partial charge in [0.25, 0.3) is 5.91 Å². The lowest BCUT2D eigenvalue weighted by Gasteiger charge is -2.07. The molecule has 0 bridgehead atoms. The molecular weight excluding hydrogens is 454 g/mol. The van der Waals surface area contributed by atoms with Gasteiger partial charge in [-0.1, -0.05) is 24.3 Å². The van der Waals surface area contributed by atoms with Gasteiger partial charge in [-0.25, -0.2) is 4.98 Å². The monoisotopic (exact) mass is 467 g/mol. The molecule has 0 aliphatic heterocycles. The van der Waals surface area contributed by atoms with Crippen LogP contribution in [0.15, 0.2) is 75.6 Å². The maximum atomic E-state index is 12.2. The molecule has 9 heteroatoms. The molecule has 1 heterocycles. The molecule has 0 aliphatic rings. The number of nitro benzene ring substituents is 1. The summed E-state index contributed by atoms with van der Waals surface area (Å²) in [4.78, 5) is 27.2. The van der Waals surface area contributed by atoms with Crippen LogP contribution < -0.4 is 10.1 Å². The molecule has 0 radical (unpaired) electrons. The van der Waals surface area contributed by atoms with Crippen LogP contribution in [0.4, 0.5) is 11.4 Å². The van der Waals surface area contributed by atoms with Crippen LogP contribution >= 0.6 is 15.9 Å². The smallest absolute Gasteiger partial charge is 0.310 e. The number of carbonyl (C=O) groups excluding carboxylic acids is 1. The Morgan fingerprint density at radius 3 is 2.70 bits per heavy atom. The maximum absolute atomic E-state index is 12.2. The van der Waals surface area contributed by atoms with Crippen molar-refractivity contribution in [2.24, 2.45) is 0 Å². The Balaban J connectivity index is 1.47. The number of anilines is 1. The van der Waals surface area contributed by atoms with E-state index in [-0.39, 0.29) is 18.0 Å². The summed E-state index contributed by atoms with van der Waals surface area (Å²) < 4.78 is 12.0. The first-order valence-corrected chi connectivity index (χ1v) is 9.62. The van der Waals surface area contributed by atoms with E-state index in [1.54, 1.807) is 24.3 Å². The first-order chi connectivity index (χ1) is 14.5. The minimum Gasteiger partial charge on any atom is -0.477 e. The fourth-order valence-electron chi connectivity index (χ4n) is 2.83. The van der Waals surface area contributed by atoms with E-state index in [2.05, 4.69) is 26.2 Å². The van der Waals surface area contributed by atoms with E-state index in [4.69, 9.17) is 9.15 Å². The molecule has 0 unspecified atom stereocenters. The number of hydrogen-bond donors (Lipinski definition) is 1. The van der Waals surface area contributed by atoms with Crippen molar-refractivity contribution >= 4 is 44.3 Å². The largest absolute Gasteiger partial charge is 0.477 e. The van der Waals surface area contributed by atoms with Gasteiger partial charge >= 0.3 is 5.69 Å². The number of rotatable bonds is 6. The number of para-hydroxylation sites is 2.